The second-order valence-electron chi connectivity index (χ2n) is 4.49. The van der Waals surface area contributed by atoms with Crippen molar-refractivity contribution in [3.8, 4) is 5.69 Å². The molecule has 0 aliphatic rings. The standard InChI is InChI=1S/C15H19N3O2/c1-3-17(9-10-19)15-14(11-20)12(2)16-18(15)13-7-5-4-6-8-13/h4-8,11,19H,3,9-10H2,1-2H3. The Morgan fingerprint density at radius 2 is 2.05 bits per heavy atom. The number of anilines is 1. The zero-order valence-corrected chi connectivity index (χ0v) is 11.8. The van der Waals surface area contributed by atoms with E-state index < -0.39 is 0 Å². The highest BCUT2D eigenvalue weighted by molar-refractivity contribution is 5.85. The fourth-order valence-corrected chi connectivity index (χ4v) is 2.25. The van der Waals surface area contributed by atoms with Crippen molar-refractivity contribution in [2.24, 2.45) is 0 Å². The summed E-state index contributed by atoms with van der Waals surface area (Å²) in [5.41, 5.74) is 2.16. The van der Waals surface area contributed by atoms with Crippen molar-refractivity contribution in [2.45, 2.75) is 13.8 Å². The number of likely N-dealkylation sites (N-methyl/N-ethyl adjacent to an activating group) is 1. The summed E-state index contributed by atoms with van der Waals surface area (Å²) < 4.78 is 1.76. The third-order valence-corrected chi connectivity index (χ3v) is 3.25. The minimum Gasteiger partial charge on any atom is -0.395 e. The van der Waals surface area contributed by atoms with Gasteiger partial charge in [0.1, 0.15) is 5.82 Å². The fourth-order valence-electron chi connectivity index (χ4n) is 2.25. The SMILES string of the molecule is CCN(CCO)c1c(C=O)c(C)nn1-c1ccccc1. The number of benzene rings is 1. The summed E-state index contributed by atoms with van der Waals surface area (Å²) in [4.78, 5) is 13.3. The van der Waals surface area contributed by atoms with E-state index in [4.69, 9.17) is 0 Å². The van der Waals surface area contributed by atoms with Crippen LogP contribution in [0.15, 0.2) is 30.3 Å². The van der Waals surface area contributed by atoms with Crippen LogP contribution < -0.4 is 4.90 Å². The van der Waals surface area contributed by atoms with E-state index in [0.717, 1.165) is 17.8 Å². The number of rotatable bonds is 6. The van der Waals surface area contributed by atoms with E-state index in [9.17, 15) is 9.90 Å². The normalized spacial score (nSPS) is 10.6. The van der Waals surface area contributed by atoms with Gasteiger partial charge in [0, 0.05) is 13.1 Å². The molecule has 2 aromatic rings. The lowest BCUT2D eigenvalue weighted by molar-refractivity contribution is 0.112. The highest BCUT2D eigenvalue weighted by Crippen LogP contribution is 2.25. The van der Waals surface area contributed by atoms with Crippen molar-refractivity contribution in [3.05, 3.63) is 41.6 Å². The third-order valence-electron chi connectivity index (χ3n) is 3.25. The van der Waals surface area contributed by atoms with Crippen LogP contribution in [0.3, 0.4) is 0 Å². The molecule has 1 heterocycles. The van der Waals surface area contributed by atoms with Crippen molar-refractivity contribution in [2.75, 3.05) is 24.6 Å². The summed E-state index contributed by atoms with van der Waals surface area (Å²) in [6, 6.07) is 9.68. The third kappa shape index (κ3) is 2.58. The van der Waals surface area contributed by atoms with E-state index in [-0.39, 0.29) is 6.61 Å². The molecular formula is C15H19N3O2. The molecule has 0 saturated heterocycles. The molecule has 0 radical (unpaired) electrons. The number of carbonyl (C=O) groups excluding carboxylic acids is 1. The molecular weight excluding hydrogens is 254 g/mol. The van der Waals surface area contributed by atoms with Gasteiger partial charge in [0.15, 0.2) is 6.29 Å². The molecule has 20 heavy (non-hydrogen) atoms. The highest BCUT2D eigenvalue weighted by Gasteiger charge is 2.20. The number of aromatic nitrogens is 2. The Morgan fingerprint density at radius 1 is 1.35 bits per heavy atom. The number of aryl methyl sites for hydroxylation is 1. The molecule has 2 rings (SSSR count). The molecule has 0 bridgehead atoms. The summed E-state index contributed by atoms with van der Waals surface area (Å²) >= 11 is 0. The maximum atomic E-state index is 11.4. The molecule has 1 aromatic carbocycles. The van der Waals surface area contributed by atoms with Gasteiger partial charge in [-0.15, -0.1) is 0 Å². The van der Waals surface area contributed by atoms with Crippen molar-refractivity contribution < 1.29 is 9.90 Å². The van der Waals surface area contributed by atoms with Crippen molar-refractivity contribution in [3.63, 3.8) is 0 Å². The van der Waals surface area contributed by atoms with Crippen LogP contribution in [0.1, 0.15) is 23.0 Å². The minimum atomic E-state index is 0.0329. The lowest BCUT2D eigenvalue weighted by Gasteiger charge is -2.23. The number of aldehydes is 1. The molecule has 0 aliphatic carbocycles. The van der Waals surface area contributed by atoms with Crippen LogP contribution >= 0.6 is 0 Å². The Balaban J connectivity index is 2.60. The van der Waals surface area contributed by atoms with Gasteiger partial charge in [-0.05, 0) is 26.0 Å². The number of aliphatic hydroxyl groups excluding tert-OH is 1. The van der Waals surface area contributed by atoms with Gasteiger partial charge in [-0.25, -0.2) is 4.68 Å². The average molecular weight is 273 g/mol. The molecule has 0 aliphatic heterocycles. The Hall–Kier alpha value is -2.14. The summed E-state index contributed by atoms with van der Waals surface area (Å²) in [7, 11) is 0. The first-order chi connectivity index (χ1) is 9.72. The number of aliphatic hydroxyl groups is 1. The predicted octanol–water partition coefficient (Wildman–Crippen LogP) is 1.81. The van der Waals surface area contributed by atoms with E-state index in [1.54, 1.807) is 4.68 Å². The maximum absolute atomic E-state index is 11.4. The van der Waals surface area contributed by atoms with Gasteiger partial charge in [0.2, 0.25) is 0 Å². The Bertz CT molecular complexity index is 578. The van der Waals surface area contributed by atoms with E-state index in [0.29, 0.717) is 24.3 Å². The molecule has 0 unspecified atom stereocenters. The van der Waals surface area contributed by atoms with Crippen molar-refractivity contribution >= 4 is 12.1 Å². The first-order valence-corrected chi connectivity index (χ1v) is 6.69. The monoisotopic (exact) mass is 273 g/mol. The Labute approximate surface area is 118 Å². The smallest absolute Gasteiger partial charge is 0.155 e. The molecule has 0 saturated carbocycles. The second kappa shape index (κ2) is 6.34. The maximum Gasteiger partial charge on any atom is 0.155 e. The second-order valence-corrected chi connectivity index (χ2v) is 4.49. The van der Waals surface area contributed by atoms with E-state index >= 15 is 0 Å². The number of para-hydroxylation sites is 1. The topological polar surface area (TPSA) is 58.4 Å². The quantitative estimate of drug-likeness (QED) is 0.816. The highest BCUT2D eigenvalue weighted by atomic mass is 16.3. The van der Waals surface area contributed by atoms with Crippen LogP contribution in [0.5, 0.6) is 0 Å². The Kier molecular flexibility index (Phi) is 4.53. The number of nitrogens with zero attached hydrogens (tertiary/aromatic N) is 3. The lowest BCUT2D eigenvalue weighted by Crippen LogP contribution is -2.29. The van der Waals surface area contributed by atoms with E-state index in [1.807, 2.05) is 49.1 Å². The first-order valence-electron chi connectivity index (χ1n) is 6.69. The molecule has 5 heteroatoms. The summed E-state index contributed by atoms with van der Waals surface area (Å²) in [5, 5.41) is 13.7. The predicted molar refractivity (Wildman–Crippen MR) is 78.7 cm³/mol. The molecule has 0 amide bonds. The first kappa shape index (κ1) is 14.3. The number of carbonyl (C=O) groups is 1. The van der Waals surface area contributed by atoms with E-state index in [2.05, 4.69) is 5.10 Å². The summed E-state index contributed by atoms with van der Waals surface area (Å²) in [6.07, 6.45) is 0.830. The van der Waals surface area contributed by atoms with Crippen LogP contribution in [0.2, 0.25) is 0 Å². The molecule has 5 nitrogen and oxygen atoms in total. The molecule has 0 fully saturated rings. The van der Waals surface area contributed by atoms with Gasteiger partial charge < -0.3 is 10.0 Å². The van der Waals surface area contributed by atoms with Gasteiger partial charge in [0.25, 0.3) is 0 Å². The van der Waals surface area contributed by atoms with Crippen molar-refractivity contribution in [1.82, 2.24) is 9.78 Å². The van der Waals surface area contributed by atoms with Gasteiger partial charge in [-0.1, -0.05) is 18.2 Å². The lowest BCUT2D eigenvalue weighted by atomic mass is 10.2. The minimum absolute atomic E-state index is 0.0329. The van der Waals surface area contributed by atoms with Gasteiger partial charge in [-0.2, -0.15) is 5.10 Å². The fraction of sp³-hybridized carbons (Fsp3) is 0.333. The van der Waals surface area contributed by atoms with Gasteiger partial charge in [0.05, 0.1) is 23.6 Å². The van der Waals surface area contributed by atoms with Gasteiger partial charge >= 0.3 is 0 Å². The van der Waals surface area contributed by atoms with Crippen molar-refractivity contribution in [1.29, 1.82) is 0 Å². The summed E-state index contributed by atoms with van der Waals surface area (Å²) in [5.74, 6) is 0.736. The average Bonchev–Trinajstić information content (AvgIpc) is 2.82. The van der Waals surface area contributed by atoms with Crippen LogP contribution in [0, 0.1) is 6.92 Å². The summed E-state index contributed by atoms with van der Waals surface area (Å²) in [6.45, 7) is 5.00. The van der Waals surface area contributed by atoms with E-state index in [1.165, 1.54) is 0 Å². The Morgan fingerprint density at radius 3 is 2.60 bits per heavy atom. The molecule has 0 spiro atoms. The number of hydrogen-bond acceptors (Lipinski definition) is 4. The van der Waals surface area contributed by atoms with Crippen LogP contribution in [-0.4, -0.2) is 40.9 Å². The molecule has 1 N–H and O–H groups in total. The largest absolute Gasteiger partial charge is 0.395 e. The zero-order chi connectivity index (χ0) is 14.5. The zero-order valence-electron chi connectivity index (χ0n) is 11.8. The molecule has 0 atom stereocenters. The van der Waals surface area contributed by atoms with Gasteiger partial charge in [-0.3, -0.25) is 4.79 Å². The van der Waals surface area contributed by atoms with Crippen LogP contribution in [0.4, 0.5) is 5.82 Å². The van der Waals surface area contributed by atoms with Crippen LogP contribution in [-0.2, 0) is 0 Å². The molecule has 1 aromatic heterocycles. The molecule has 106 valence electrons. The van der Waals surface area contributed by atoms with Crippen LogP contribution in [0.25, 0.3) is 5.69 Å². The number of hydrogen-bond donors (Lipinski definition) is 1.